The van der Waals surface area contributed by atoms with E-state index in [2.05, 4.69) is 37.6 Å². The van der Waals surface area contributed by atoms with Crippen LogP contribution < -0.4 is 20.9 Å². The van der Waals surface area contributed by atoms with Gasteiger partial charge >= 0.3 is 12.1 Å². The van der Waals surface area contributed by atoms with Crippen molar-refractivity contribution in [2.75, 3.05) is 15.5 Å². The molecule has 0 fully saturated rings. The third-order valence-electron chi connectivity index (χ3n) is 5.36. The highest BCUT2D eigenvalue weighted by molar-refractivity contribution is 6.32. The van der Waals surface area contributed by atoms with E-state index < -0.39 is 23.9 Å². The van der Waals surface area contributed by atoms with Gasteiger partial charge in [0, 0.05) is 42.9 Å². The maximum atomic E-state index is 15.4. The van der Waals surface area contributed by atoms with E-state index in [1.54, 1.807) is 42.4 Å². The lowest BCUT2D eigenvalue weighted by Crippen LogP contribution is -2.21. The van der Waals surface area contributed by atoms with Crippen molar-refractivity contribution < 1.29 is 37.1 Å². The van der Waals surface area contributed by atoms with Gasteiger partial charge in [-0.3, -0.25) is 19.2 Å². The van der Waals surface area contributed by atoms with Gasteiger partial charge in [-0.2, -0.15) is 23.3 Å². The van der Waals surface area contributed by atoms with Gasteiger partial charge in [-0.05, 0) is 36.4 Å². The first kappa shape index (κ1) is 33.0. The number of benzene rings is 2. The molecule has 0 atom stereocenters. The lowest BCUT2D eigenvalue weighted by Gasteiger charge is -2.27. The van der Waals surface area contributed by atoms with Gasteiger partial charge in [0.1, 0.15) is 11.6 Å². The number of rotatable bonds is 10. The normalized spacial score (nSPS) is 10.6. The van der Waals surface area contributed by atoms with Crippen LogP contribution in [-0.2, 0) is 28.0 Å². The minimum absolute atomic E-state index is 0.0740. The Morgan fingerprint density at radius 3 is 2.43 bits per heavy atom. The van der Waals surface area contributed by atoms with E-state index >= 15 is 4.39 Å². The molecular formula is C27H23ClF4N8O4. The van der Waals surface area contributed by atoms with Crippen LogP contribution in [0.1, 0.15) is 5.56 Å². The molecule has 0 spiro atoms. The minimum Gasteiger partial charge on any atom is -0.475 e. The second-order valence-electron chi connectivity index (χ2n) is 8.51. The Hall–Kier alpha value is -5.51. The molecular weight excluding hydrogens is 612 g/mol. The number of nitrogens with one attached hydrogen (secondary N) is 3. The lowest BCUT2D eigenvalue weighted by molar-refractivity contribution is -0.192. The molecule has 2 heterocycles. The SMILES string of the molecule is C=CC(=O)Nc1ccc(F)c(N(c2ccccc2)c2nc(Nc3cn(C)nc3Cl)ncc2CNC=O)c1.O=C(O)C(F)(F)F. The summed E-state index contributed by atoms with van der Waals surface area (Å²) in [6, 6.07) is 13.1. The Bertz CT molecular complexity index is 1650. The van der Waals surface area contributed by atoms with Crippen molar-refractivity contribution >= 4 is 64.4 Å². The Kier molecular flexibility index (Phi) is 10.9. The van der Waals surface area contributed by atoms with Gasteiger partial charge in [0.15, 0.2) is 5.15 Å². The average molecular weight is 635 g/mol. The number of aromatic nitrogens is 4. The summed E-state index contributed by atoms with van der Waals surface area (Å²) >= 11 is 6.18. The van der Waals surface area contributed by atoms with E-state index in [1.807, 2.05) is 6.07 Å². The standard InChI is InChI=1S/C25H22ClFN8O2.C2HF3O2/c1-3-22(37)30-17-9-10-19(27)21(11-17)35(18-7-5-4-6-8-18)24-16(12-28-15-36)13-29-25(32-24)31-20-14-34(2)33-23(20)26;3-2(4,5)1(6)7/h3-11,13-15H,1,12H2,2H3,(H,28,36)(H,30,37)(H,29,31,32);(H,6,7). The molecule has 0 saturated heterocycles. The third-order valence-corrected chi connectivity index (χ3v) is 5.64. The van der Waals surface area contributed by atoms with Crippen molar-refractivity contribution in [3.8, 4) is 0 Å². The van der Waals surface area contributed by atoms with Crippen LogP contribution in [0.3, 0.4) is 0 Å². The first-order chi connectivity index (χ1) is 20.8. The number of hydrogen-bond acceptors (Lipinski definition) is 8. The number of hydrogen-bond donors (Lipinski definition) is 4. The van der Waals surface area contributed by atoms with Crippen LogP contribution in [0.4, 0.5) is 52.1 Å². The predicted octanol–water partition coefficient (Wildman–Crippen LogP) is 5.22. The number of halogens is 5. The molecule has 4 N–H and O–H groups in total. The lowest BCUT2D eigenvalue weighted by atomic mass is 10.1. The highest BCUT2D eigenvalue weighted by atomic mass is 35.5. The van der Waals surface area contributed by atoms with Crippen molar-refractivity contribution in [2.45, 2.75) is 12.7 Å². The summed E-state index contributed by atoms with van der Waals surface area (Å²) in [7, 11) is 1.72. The zero-order chi connectivity index (χ0) is 32.4. The molecule has 4 rings (SSSR count). The fourth-order valence-electron chi connectivity index (χ4n) is 3.50. The number of carboxylic acid groups (broad SMARTS) is 1. The van der Waals surface area contributed by atoms with Crippen LogP contribution >= 0.6 is 11.6 Å². The number of aliphatic carboxylic acids is 1. The number of anilines is 6. The number of alkyl halides is 3. The first-order valence-electron chi connectivity index (χ1n) is 12.2. The molecule has 2 aromatic heterocycles. The Morgan fingerprint density at radius 2 is 1.86 bits per heavy atom. The predicted molar refractivity (Wildman–Crippen MR) is 154 cm³/mol. The highest BCUT2D eigenvalue weighted by Gasteiger charge is 2.38. The van der Waals surface area contributed by atoms with E-state index in [-0.39, 0.29) is 29.2 Å². The molecule has 0 saturated carbocycles. The third kappa shape index (κ3) is 8.75. The molecule has 0 bridgehead atoms. The van der Waals surface area contributed by atoms with Crippen molar-refractivity contribution in [3.05, 3.63) is 90.1 Å². The Balaban J connectivity index is 0.000000676. The summed E-state index contributed by atoms with van der Waals surface area (Å²) in [6.07, 6.45) is -0.242. The molecule has 0 radical (unpaired) electrons. The number of nitrogens with zero attached hydrogens (tertiary/aromatic N) is 5. The Morgan fingerprint density at radius 1 is 1.18 bits per heavy atom. The summed E-state index contributed by atoms with van der Waals surface area (Å²) in [5, 5.41) is 19.7. The molecule has 230 valence electrons. The molecule has 0 unspecified atom stereocenters. The van der Waals surface area contributed by atoms with Gasteiger partial charge in [-0.25, -0.2) is 14.2 Å². The van der Waals surface area contributed by atoms with Crippen LogP contribution in [0.25, 0.3) is 0 Å². The van der Waals surface area contributed by atoms with Gasteiger partial charge in [0.2, 0.25) is 18.3 Å². The van der Waals surface area contributed by atoms with Crippen LogP contribution in [0.5, 0.6) is 0 Å². The molecule has 44 heavy (non-hydrogen) atoms. The average Bonchev–Trinajstić information content (AvgIpc) is 3.30. The topological polar surface area (TPSA) is 154 Å². The quantitative estimate of drug-likeness (QED) is 0.104. The minimum atomic E-state index is -5.08. The number of para-hydroxylation sites is 1. The second kappa shape index (κ2) is 14.6. The van der Waals surface area contributed by atoms with Gasteiger partial charge in [0.05, 0.1) is 11.4 Å². The zero-order valence-electron chi connectivity index (χ0n) is 22.6. The van der Waals surface area contributed by atoms with Gasteiger partial charge < -0.3 is 21.1 Å². The zero-order valence-corrected chi connectivity index (χ0v) is 23.4. The van der Waals surface area contributed by atoms with Gasteiger partial charge in [0.25, 0.3) is 0 Å². The number of carboxylic acids is 1. The van der Waals surface area contributed by atoms with Crippen LogP contribution in [0.2, 0.25) is 5.15 Å². The fourth-order valence-corrected chi connectivity index (χ4v) is 3.72. The van der Waals surface area contributed by atoms with Crippen LogP contribution in [0, 0.1) is 5.82 Å². The van der Waals surface area contributed by atoms with E-state index in [9.17, 15) is 22.8 Å². The molecule has 0 aliphatic heterocycles. The van der Waals surface area contributed by atoms with Crippen LogP contribution in [0.15, 0.2) is 73.6 Å². The number of aryl methyl sites for hydroxylation is 1. The summed E-state index contributed by atoms with van der Waals surface area (Å²) in [6.45, 7) is 3.52. The van der Waals surface area contributed by atoms with Gasteiger partial charge in [-0.15, -0.1) is 0 Å². The molecule has 2 amide bonds. The number of carbonyl (C=O) groups excluding carboxylic acids is 2. The fraction of sp³-hybridized carbons (Fsp3) is 0.111. The molecule has 4 aromatic rings. The number of amides is 2. The molecule has 17 heteroatoms. The summed E-state index contributed by atoms with van der Waals surface area (Å²) in [5.74, 6) is -3.33. The summed E-state index contributed by atoms with van der Waals surface area (Å²) in [5.41, 5.74) is 2.00. The number of carbonyl (C=O) groups is 3. The van der Waals surface area contributed by atoms with Crippen molar-refractivity contribution in [2.24, 2.45) is 7.05 Å². The van der Waals surface area contributed by atoms with E-state index in [4.69, 9.17) is 21.5 Å². The summed E-state index contributed by atoms with van der Waals surface area (Å²) < 4.78 is 48.6. The molecule has 12 nitrogen and oxygen atoms in total. The maximum absolute atomic E-state index is 15.4. The van der Waals surface area contributed by atoms with E-state index in [0.717, 1.165) is 6.08 Å². The molecule has 2 aromatic carbocycles. The monoisotopic (exact) mass is 634 g/mol. The van der Waals surface area contributed by atoms with Crippen molar-refractivity contribution in [1.82, 2.24) is 25.1 Å². The molecule has 0 aliphatic carbocycles. The van der Waals surface area contributed by atoms with E-state index in [1.165, 1.54) is 29.1 Å². The van der Waals surface area contributed by atoms with E-state index in [0.29, 0.717) is 29.0 Å². The summed E-state index contributed by atoms with van der Waals surface area (Å²) in [4.78, 5) is 42.4. The maximum Gasteiger partial charge on any atom is 0.490 e. The molecule has 0 aliphatic rings. The van der Waals surface area contributed by atoms with Gasteiger partial charge in [-0.1, -0.05) is 36.4 Å². The van der Waals surface area contributed by atoms with Crippen LogP contribution in [-0.4, -0.2) is 49.3 Å². The second-order valence-corrected chi connectivity index (χ2v) is 8.86. The first-order valence-corrected chi connectivity index (χ1v) is 12.6. The smallest absolute Gasteiger partial charge is 0.475 e. The highest BCUT2D eigenvalue weighted by Crippen LogP contribution is 2.38. The van der Waals surface area contributed by atoms with Crippen molar-refractivity contribution in [1.29, 1.82) is 0 Å². The largest absolute Gasteiger partial charge is 0.490 e. The van der Waals surface area contributed by atoms with Crippen molar-refractivity contribution in [3.63, 3.8) is 0 Å². The Labute approximate surface area is 252 Å².